The molecule has 2 aliphatic carbocycles. The van der Waals surface area contributed by atoms with Crippen LogP contribution in [0.2, 0.25) is 0 Å². The van der Waals surface area contributed by atoms with Gasteiger partial charge in [0.15, 0.2) is 17.3 Å². The molecule has 178 valence electrons. The van der Waals surface area contributed by atoms with E-state index in [0.717, 1.165) is 40.9 Å². The number of rotatable bonds is 3. The summed E-state index contributed by atoms with van der Waals surface area (Å²) in [5.41, 5.74) is 5.51. The predicted molar refractivity (Wildman–Crippen MR) is 135 cm³/mol. The Morgan fingerprint density at radius 3 is 2.50 bits per heavy atom. The van der Waals surface area contributed by atoms with Crippen LogP contribution in [-0.2, 0) is 16.6 Å². The topological polar surface area (TPSA) is 78.2 Å². The van der Waals surface area contributed by atoms with Gasteiger partial charge in [-0.05, 0) is 48.9 Å². The fraction of sp³-hybridized carbons (Fsp3) is 0.276. The molecule has 7 heteroatoms. The zero-order valence-electron chi connectivity index (χ0n) is 20.4. The van der Waals surface area contributed by atoms with Gasteiger partial charge < -0.3 is 9.32 Å². The molecular formula is C29H25N5O2. The Labute approximate surface area is 209 Å². The summed E-state index contributed by atoms with van der Waals surface area (Å²) in [7, 11) is 0. The van der Waals surface area contributed by atoms with Crippen LogP contribution in [0.1, 0.15) is 37.4 Å². The molecule has 0 N–H and O–H groups in total. The van der Waals surface area contributed by atoms with Crippen LogP contribution < -0.4 is 0 Å². The summed E-state index contributed by atoms with van der Waals surface area (Å²) in [6.45, 7) is 13.5. The first kappa shape index (κ1) is 22.2. The van der Waals surface area contributed by atoms with Gasteiger partial charge in [0, 0.05) is 16.9 Å². The highest BCUT2D eigenvalue weighted by Gasteiger charge is 2.51. The Hall–Kier alpha value is -4.31. The molecule has 0 saturated heterocycles. The molecule has 0 unspecified atom stereocenters. The smallest absolute Gasteiger partial charge is 0.278 e. The minimum atomic E-state index is -0.542. The lowest BCUT2D eigenvalue weighted by Crippen LogP contribution is -2.46. The number of aryl methyl sites for hydroxylation is 1. The number of fused-ring (bicyclic) bond motifs is 3. The van der Waals surface area contributed by atoms with E-state index >= 15 is 0 Å². The normalized spacial score (nSPS) is 22.9. The molecule has 0 amide bonds. The highest BCUT2D eigenvalue weighted by atomic mass is 16.5. The van der Waals surface area contributed by atoms with Gasteiger partial charge in [0.2, 0.25) is 5.70 Å². The summed E-state index contributed by atoms with van der Waals surface area (Å²) >= 11 is 0. The second kappa shape index (κ2) is 8.13. The molecule has 3 atom stereocenters. The van der Waals surface area contributed by atoms with Gasteiger partial charge in [-0.3, -0.25) is 0 Å². The molecule has 36 heavy (non-hydrogen) atoms. The number of Topliss-reactive ketones (excluding diaryl/α,β-unsaturated/α-hetero) is 1. The monoisotopic (exact) mass is 475 g/mol. The fourth-order valence-electron chi connectivity index (χ4n) is 6.00. The summed E-state index contributed by atoms with van der Waals surface area (Å²) in [4.78, 5) is 20.9. The lowest BCUT2D eigenvalue weighted by atomic mass is 9.58. The second-order valence-electron chi connectivity index (χ2n) is 9.87. The number of allylic oxidation sites excluding steroid dienone is 2. The largest absolute Gasteiger partial charge is 0.332 e. The molecule has 2 aromatic carbocycles. The van der Waals surface area contributed by atoms with Gasteiger partial charge in [-0.15, -0.1) is 0 Å². The van der Waals surface area contributed by atoms with Crippen molar-refractivity contribution in [3.05, 3.63) is 94.9 Å². The van der Waals surface area contributed by atoms with E-state index in [2.05, 4.69) is 58.3 Å². The third-order valence-corrected chi connectivity index (χ3v) is 7.75. The summed E-state index contributed by atoms with van der Waals surface area (Å²) in [6.07, 6.45) is 3.43. The number of carbonyl (C=O) groups excluding carboxylic acids is 1. The van der Waals surface area contributed by atoms with E-state index < -0.39 is 5.41 Å². The summed E-state index contributed by atoms with van der Waals surface area (Å²) in [5.74, 6) is 0.698. The summed E-state index contributed by atoms with van der Waals surface area (Å²) in [5, 5.41) is 8.99. The van der Waals surface area contributed by atoms with Crippen molar-refractivity contribution in [3.8, 4) is 28.4 Å². The average Bonchev–Trinajstić information content (AvgIpc) is 3.51. The molecule has 0 saturated carbocycles. The van der Waals surface area contributed by atoms with Gasteiger partial charge in [-0.2, -0.15) is 10.1 Å². The van der Waals surface area contributed by atoms with Crippen LogP contribution >= 0.6 is 0 Å². The maximum absolute atomic E-state index is 12.9. The summed E-state index contributed by atoms with van der Waals surface area (Å²) < 4.78 is 7.49. The molecule has 4 aromatic rings. The zero-order chi connectivity index (χ0) is 25.0. The van der Waals surface area contributed by atoms with Crippen LogP contribution in [0.5, 0.6) is 0 Å². The number of hydrogen-bond donors (Lipinski definition) is 0. The van der Waals surface area contributed by atoms with Crippen molar-refractivity contribution in [3.63, 3.8) is 0 Å². The molecule has 7 nitrogen and oxygen atoms in total. The number of hydrogen-bond acceptors (Lipinski definition) is 5. The predicted octanol–water partition coefficient (Wildman–Crippen LogP) is 5.74. The fourth-order valence-corrected chi connectivity index (χ4v) is 6.00. The Balaban J connectivity index is 1.57. The van der Waals surface area contributed by atoms with Crippen molar-refractivity contribution in [1.82, 2.24) is 19.9 Å². The highest BCUT2D eigenvalue weighted by Crippen LogP contribution is 2.52. The molecule has 2 heterocycles. The van der Waals surface area contributed by atoms with Crippen LogP contribution in [0.3, 0.4) is 0 Å². The first-order chi connectivity index (χ1) is 17.4. The van der Waals surface area contributed by atoms with Gasteiger partial charge >= 0.3 is 0 Å². The third kappa shape index (κ3) is 3.25. The van der Waals surface area contributed by atoms with E-state index in [1.54, 1.807) is 6.92 Å². The highest BCUT2D eigenvalue weighted by molar-refractivity contribution is 6.00. The Kier molecular flexibility index (Phi) is 5.01. The Morgan fingerprint density at radius 1 is 1.11 bits per heavy atom. The lowest BCUT2D eigenvalue weighted by Gasteiger charge is -2.45. The summed E-state index contributed by atoms with van der Waals surface area (Å²) in [6, 6.07) is 18.5. The minimum absolute atomic E-state index is 0.0676. The van der Waals surface area contributed by atoms with Gasteiger partial charge in [0.25, 0.3) is 5.89 Å². The number of aromatic nitrogens is 4. The van der Waals surface area contributed by atoms with E-state index in [4.69, 9.17) is 16.2 Å². The van der Waals surface area contributed by atoms with E-state index in [1.807, 2.05) is 35.9 Å². The van der Waals surface area contributed by atoms with Crippen LogP contribution in [0, 0.1) is 25.3 Å². The third-order valence-electron chi connectivity index (χ3n) is 7.75. The first-order valence-corrected chi connectivity index (χ1v) is 12.1. The van der Waals surface area contributed by atoms with Crippen molar-refractivity contribution < 1.29 is 9.32 Å². The molecule has 6 rings (SSSR count). The van der Waals surface area contributed by atoms with E-state index in [1.165, 1.54) is 0 Å². The van der Waals surface area contributed by atoms with E-state index in [0.29, 0.717) is 17.4 Å². The molecule has 0 bridgehead atoms. The second-order valence-corrected chi connectivity index (χ2v) is 9.87. The molecule has 0 fully saturated rings. The van der Waals surface area contributed by atoms with Crippen LogP contribution in [0.15, 0.2) is 70.9 Å². The van der Waals surface area contributed by atoms with Crippen molar-refractivity contribution in [1.29, 1.82) is 0 Å². The van der Waals surface area contributed by atoms with Crippen LogP contribution in [0.4, 0.5) is 0 Å². The van der Waals surface area contributed by atoms with Gasteiger partial charge in [-0.1, -0.05) is 67.5 Å². The van der Waals surface area contributed by atoms with Gasteiger partial charge in [0.05, 0.1) is 18.0 Å². The first-order valence-electron chi connectivity index (χ1n) is 12.1. The Morgan fingerprint density at radius 2 is 1.83 bits per heavy atom. The standard InChI is InChI=1S/C29H25N5O2/c1-17-23-15-14-22-25(28-31-18(2)33-36-28)32-34(27(22)29(23,3)16-24(30-4)26(17)35)21-12-10-20(11-13-21)19-8-6-5-7-9-19/h5-13,16-17,23H,14-15H2,1-3H3/t17-,23-,29-/m1/s1. The molecule has 0 radical (unpaired) electrons. The lowest BCUT2D eigenvalue weighted by molar-refractivity contribution is -0.121. The van der Waals surface area contributed by atoms with Crippen molar-refractivity contribution in [2.45, 2.75) is 39.0 Å². The molecular weight excluding hydrogens is 450 g/mol. The number of ketones is 1. The number of carbonyl (C=O) groups is 1. The van der Waals surface area contributed by atoms with E-state index in [-0.39, 0.29) is 23.3 Å². The molecule has 0 spiro atoms. The van der Waals surface area contributed by atoms with E-state index in [9.17, 15) is 4.79 Å². The maximum atomic E-state index is 12.9. The molecule has 0 aliphatic heterocycles. The Bertz CT molecular complexity index is 1560. The molecule has 2 aliphatic rings. The number of nitrogens with zero attached hydrogens (tertiary/aromatic N) is 5. The quantitative estimate of drug-likeness (QED) is 0.353. The van der Waals surface area contributed by atoms with Crippen molar-refractivity contribution >= 4 is 5.78 Å². The van der Waals surface area contributed by atoms with Gasteiger partial charge in [-0.25, -0.2) is 9.53 Å². The SMILES string of the molecule is [C-]#[N+]C1=C[C@@]2(C)c3c(c(-c4nc(C)no4)nn3-c3ccc(-c4ccccc4)cc3)CC[C@@H]2[C@@H](C)C1=O. The van der Waals surface area contributed by atoms with Gasteiger partial charge in [0.1, 0.15) is 0 Å². The zero-order valence-corrected chi connectivity index (χ0v) is 20.4. The van der Waals surface area contributed by atoms with Crippen molar-refractivity contribution in [2.75, 3.05) is 0 Å². The maximum Gasteiger partial charge on any atom is 0.278 e. The average molecular weight is 476 g/mol. The van der Waals surface area contributed by atoms with Crippen molar-refractivity contribution in [2.24, 2.45) is 11.8 Å². The molecule has 2 aromatic heterocycles. The van der Waals surface area contributed by atoms with Crippen LogP contribution in [-0.4, -0.2) is 25.7 Å². The minimum Gasteiger partial charge on any atom is -0.332 e. The number of benzene rings is 2. The van der Waals surface area contributed by atoms with Crippen LogP contribution in [0.25, 0.3) is 33.2 Å².